The summed E-state index contributed by atoms with van der Waals surface area (Å²) in [5, 5.41) is 0. The molecule has 6 nitrogen and oxygen atoms in total. The van der Waals surface area contributed by atoms with E-state index in [-0.39, 0.29) is 5.95 Å². The Morgan fingerprint density at radius 1 is 1.22 bits per heavy atom. The van der Waals surface area contributed by atoms with Crippen molar-refractivity contribution in [3.8, 4) is 6.01 Å². The van der Waals surface area contributed by atoms with Gasteiger partial charge in [0.15, 0.2) is 0 Å². The summed E-state index contributed by atoms with van der Waals surface area (Å²) < 4.78 is 5.29. The first-order valence-corrected chi connectivity index (χ1v) is 6.62. The van der Waals surface area contributed by atoms with Gasteiger partial charge in [0.25, 0.3) is 0 Å². The third-order valence-corrected chi connectivity index (χ3v) is 3.37. The molecule has 0 unspecified atom stereocenters. The van der Waals surface area contributed by atoms with Crippen molar-refractivity contribution >= 4 is 11.9 Å². The van der Waals surface area contributed by atoms with E-state index in [4.69, 9.17) is 10.5 Å². The summed E-state index contributed by atoms with van der Waals surface area (Å²) >= 11 is 0. The van der Waals surface area contributed by atoms with Crippen molar-refractivity contribution < 1.29 is 4.74 Å². The molecule has 6 heteroatoms. The van der Waals surface area contributed by atoms with Crippen LogP contribution in [0.1, 0.15) is 33.1 Å². The quantitative estimate of drug-likeness (QED) is 0.873. The number of piperidine rings is 1. The Labute approximate surface area is 108 Å². The molecule has 2 rings (SSSR count). The number of hydrogen-bond donors (Lipinski definition) is 1. The zero-order valence-electron chi connectivity index (χ0n) is 11.1. The third kappa shape index (κ3) is 3.00. The Bertz CT molecular complexity index is 390. The van der Waals surface area contributed by atoms with Gasteiger partial charge in [-0.3, -0.25) is 0 Å². The smallest absolute Gasteiger partial charge is 0.323 e. The fourth-order valence-corrected chi connectivity index (χ4v) is 2.24. The van der Waals surface area contributed by atoms with E-state index < -0.39 is 0 Å². The van der Waals surface area contributed by atoms with E-state index >= 15 is 0 Å². The van der Waals surface area contributed by atoms with E-state index in [0.29, 0.717) is 18.6 Å². The second-order valence-electron chi connectivity index (χ2n) is 4.55. The van der Waals surface area contributed by atoms with E-state index in [0.717, 1.165) is 19.0 Å². The molecule has 1 aromatic heterocycles. The molecule has 0 amide bonds. The number of aromatic nitrogens is 3. The molecular weight excluding hydrogens is 230 g/mol. The Morgan fingerprint density at radius 2 is 1.94 bits per heavy atom. The molecule has 1 fully saturated rings. The molecule has 2 N–H and O–H groups in total. The van der Waals surface area contributed by atoms with Gasteiger partial charge in [-0.25, -0.2) is 0 Å². The number of nitrogens with two attached hydrogens (primary N) is 1. The number of anilines is 2. The Balaban J connectivity index is 2.08. The molecule has 0 saturated carbocycles. The van der Waals surface area contributed by atoms with Crippen LogP contribution in [0.3, 0.4) is 0 Å². The lowest BCUT2D eigenvalue weighted by Crippen LogP contribution is -2.35. The van der Waals surface area contributed by atoms with Crippen molar-refractivity contribution in [1.29, 1.82) is 0 Å². The standard InChI is InChI=1S/C12H21N5O/c1-3-9-5-7-17(8-6-9)11-14-10(13)15-12(16-11)18-4-2/h9H,3-8H2,1-2H3,(H2,13,14,15,16). The van der Waals surface area contributed by atoms with Crippen LogP contribution in [0.2, 0.25) is 0 Å². The molecule has 18 heavy (non-hydrogen) atoms. The summed E-state index contributed by atoms with van der Waals surface area (Å²) in [6.45, 7) is 6.63. The average molecular weight is 251 g/mol. The topological polar surface area (TPSA) is 77.2 Å². The molecule has 2 heterocycles. The molecule has 0 aromatic carbocycles. The maximum absolute atomic E-state index is 5.68. The zero-order chi connectivity index (χ0) is 13.0. The van der Waals surface area contributed by atoms with Gasteiger partial charge in [0.05, 0.1) is 6.61 Å². The van der Waals surface area contributed by atoms with E-state index in [2.05, 4.69) is 26.8 Å². The van der Waals surface area contributed by atoms with E-state index in [1.807, 2.05) is 6.92 Å². The predicted octanol–water partition coefficient (Wildman–Crippen LogP) is 1.48. The van der Waals surface area contributed by atoms with Gasteiger partial charge < -0.3 is 15.4 Å². The van der Waals surface area contributed by atoms with Crippen molar-refractivity contribution in [2.75, 3.05) is 30.3 Å². The molecule has 0 spiro atoms. The maximum Gasteiger partial charge on any atom is 0.323 e. The van der Waals surface area contributed by atoms with Gasteiger partial charge in [0.2, 0.25) is 11.9 Å². The molecule has 1 saturated heterocycles. The third-order valence-electron chi connectivity index (χ3n) is 3.37. The summed E-state index contributed by atoms with van der Waals surface area (Å²) in [6.07, 6.45) is 3.62. The lowest BCUT2D eigenvalue weighted by atomic mass is 9.95. The van der Waals surface area contributed by atoms with E-state index in [1.165, 1.54) is 19.3 Å². The summed E-state index contributed by atoms with van der Waals surface area (Å²) in [5.74, 6) is 1.69. The summed E-state index contributed by atoms with van der Waals surface area (Å²) in [6, 6.07) is 0.317. The van der Waals surface area contributed by atoms with Gasteiger partial charge >= 0.3 is 6.01 Å². The van der Waals surface area contributed by atoms with Crippen molar-refractivity contribution in [2.24, 2.45) is 5.92 Å². The molecule has 1 aromatic rings. The van der Waals surface area contributed by atoms with Crippen LogP contribution in [0.4, 0.5) is 11.9 Å². The molecular formula is C12H21N5O. The first-order valence-electron chi connectivity index (χ1n) is 6.62. The van der Waals surface area contributed by atoms with Gasteiger partial charge in [-0.05, 0) is 25.7 Å². The summed E-state index contributed by atoms with van der Waals surface area (Å²) in [5.41, 5.74) is 5.68. The van der Waals surface area contributed by atoms with Crippen LogP contribution in [-0.4, -0.2) is 34.6 Å². The van der Waals surface area contributed by atoms with Crippen LogP contribution < -0.4 is 15.4 Å². The normalized spacial score (nSPS) is 16.9. The zero-order valence-corrected chi connectivity index (χ0v) is 11.1. The van der Waals surface area contributed by atoms with Gasteiger partial charge in [0.1, 0.15) is 0 Å². The first-order chi connectivity index (χ1) is 8.72. The fraction of sp³-hybridized carbons (Fsp3) is 0.750. The average Bonchev–Trinajstić information content (AvgIpc) is 2.38. The maximum atomic E-state index is 5.68. The Hall–Kier alpha value is -1.59. The van der Waals surface area contributed by atoms with Gasteiger partial charge in [0, 0.05) is 13.1 Å². The summed E-state index contributed by atoms with van der Waals surface area (Å²) in [4.78, 5) is 14.6. The van der Waals surface area contributed by atoms with Crippen LogP contribution in [-0.2, 0) is 0 Å². The van der Waals surface area contributed by atoms with Crippen molar-refractivity contribution in [2.45, 2.75) is 33.1 Å². The predicted molar refractivity (Wildman–Crippen MR) is 70.6 cm³/mol. The lowest BCUT2D eigenvalue weighted by molar-refractivity contribution is 0.311. The van der Waals surface area contributed by atoms with Crippen molar-refractivity contribution in [1.82, 2.24) is 15.0 Å². The van der Waals surface area contributed by atoms with E-state index in [9.17, 15) is 0 Å². The highest BCUT2D eigenvalue weighted by atomic mass is 16.5. The van der Waals surface area contributed by atoms with Gasteiger partial charge in [-0.2, -0.15) is 15.0 Å². The second kappa shape index (κ2) is 5.84. The van der Waals surface area contributed by atoms with Crippen LogP contribution in [0, 0.1) is 5.92 Å². The van der Waals surface area contributed by atoms with Crippen LogP contribution >= 0.6 is 0 Å². The largest absolute Gasteiger partial charge is 0.464 e. The van der Waals surface area contributed by atoms with Crippen LogP contribution in [0.25, 0.3) is 0 Å². The van der Waals surface area contributed by atoms with Gasteiger partial charge in [-0.15, -0.1) is 0 Å². The van der Waals surface area contributed by atoms with Crippen molar-refractivity contribution in [3.63, 3.8) is 0 Å². The number of ether oxygens (including phenoxy) is 1. The Morgan fingerprint density at radius 3 is 2.56 bits per heavy atom. The SMILES string of the molecule is CCOc1nc(N)nc(N2CCC(CC)CC2)n1. The second-order valence-corrected chi connectivity index (χ2v) is 4.55. The lowest BCUT2D eigenvalue weighted by Gasteiger charge is -2.31. The van der Waals surface area contributed by atoms with Crippen LogP contribution in [0.5, 0.6) is 6.01 Å². The molecule has 0 radical (unpaired) electrons. The molecule has 1 aliphatic heterocycles. The number of nitrogen functional groups attached to an aromatic ring is 1. The number of hydrogen-bond acceptors (Lipinski definition) is 6. The van der Waals surface area contributed by atoms with Gasteiger partial charge in [-0.1, -0.05) is 13.3 Å². The fourth-order valence-electron chi connectivity index (χ4n) is 2.24. The monoisotopic (exact) mass is 251 g/mol. The van der Waals surface area contributed by atoms with E-state index in [1.54, 1.807) is 0 Å². The number of rotatable bonds is 4. The molecule has 100 valence electrons. The minimum Gasteiger partial charge on any atom is -0.464 e. The Kier molecular flexibility index (Phi) is 4.17. The minimum atomic E-state index is 0.223. The first kappa shape index (κ1) is 12.9. The highest BCUT2D eigenvalue weighted by Crippen LogP contribution is 2.23. The molecule has 0 atom stereocenters. The number of nitrogens with zero attached hydrogens (tertiary/aromatic N) is 4. The molecule has 0 bridgehead atoms. The summed E-state index contributed by atoms with van der Waals surface area (Å²) in [7, 11) is 0. The minimum absolute atomic E-state index is 0.223. The highest BCUT2D eigenvalue weighted by Gasteiger charge is 2.20. The molecule has 0 aliphatic carbocycles. The van der Waals surface area contributed by atoms with Crippen LogP contribution in [0.15, 0.2) is 0 Å². The van der Waals surface area contributed by atoms with Crippen molar-refractivity contribution in [3.05, 3.63) is 0 Å². The molecule has 1 aliphatic rings. The highest BCUT2D eigenvalue weighted by molar-refractivity contribution is 5.36.